The third kappa shape index (κ3) is 1.69. The molecule has 0 bridgehead atoms. The maximum atomic E-state index is 11.5. The Kier molecular flexibility index (Phi) is 2.77. The summed E-state index contributed by atoms with van der Waals surface area (Å²) in [6, 6.07) is 3.91. The lowest BCUT2D eigenvalue weighted by Gasteiger charge is -2.16. The molecule has 2 rings (SSSR count). The number of nitrogens with zero attached hydrogens (tertiary/aromatic N) is 1. The van der Waals surface area contributed by atoms with E-state index in [0.717, 1.165) is 12.2 Å². The highest BCUT2D eigenvalue weighted by Gasteiger charge is 2.30. The zero-order valence-electron chi connectivity index (χ0n) is 8.91. The van der Waals surface area contributed by atoms with E-state index in [2.05, 4.69) is 0 Å². The van der Waals surface area contributed by atoms with Crippen molar-refractivity contribution in [2.75, 3.05) is 4.90 Å². The van der Waals surface area contributed by atoms with Crippen LogP contribution in [0, 0.1) is 0 Å². The van der Waals surface area contributed by atoms with Crippen LogP contribution in [0.15, 0.2) is 30.4 Å². The molecule has 0 aliphatic carbocycles. The molecule has 1 aliphatic heterocycles. The van der Waals surface area contributed by atoms with Crippen molar-refractivity contribution < 1.29 is 24.3 Å². The molecule has 89 valence electrons. The maximum absolute atomic E-state index is 11.5. The van der Waals surface area contributed by atoms with E-state index in [9.17, 15) is 19.2 Å². The quantitative estimate of drug-likeness (QED) is 0.770. The molecule has 0 spiro atoms. The van der Waals surface area contributed by atoms with Crippen molar-refractivity contribution in [3.8, 4) is 0 Å². The third-order valence-corrected chi connectivity index (χ3v) is 2.42. The van der Waals surface area contributed by atoms with Crippen LogP contribution in [0.5, 0.6) is 0 Å². The first-order valence-corrected chi connectivity index (χ1v) is 4.87. The Labute approximate surface area is 101 Å². The highest BCUT2D eigenvalue weighted by molar-refractivity contribution is 6.29. The van der Waals surface area contributed by atoms with Crippen LogP contribution in [0.2, 0.25) is 0 Å². The Morgan fingerprint density at radius 1 is 1.17 bits per heavy atom. The van der Waals surface area contributed by atoms with Gasteiger partial charge in [0.15, 0.2) is 0 Å². The van der Waals surface area contributed by atoms with Gasteiger partial charge in [-0.25, -0.2) is 9.69 Å². The number of carbonyl (C=O) groups is 3. The molecule has 6 heteroatoms. The summed E-state index contributed by atoms with van der Waals surface area (Å²) in [6.45, 7) is 0. The van der Waals surface area contributed by atoms with Crippen LogP contribution in [0.4, 0.5) is 5.69 Å². The van der Waals surface area contributed by atoms with Crippen molar-refractivity contribution in [3.05, 3.63) is 41.5 Å². The van der Waals surface area contributed by atoms with Crippen molar-refractivity contribution >= 4 is 29.8 Å². The predicted molar refractivity (Wildman–Crippen MR) is 59.8 cm³/mol. The summed E-state index contributed by atoms with van der Waals surface area (Å²) in [6.07, 6.45) is 3.54. The van der Waals surface area contributed by atoms with Crippen LogP contribution in [0.25, 0.3) is 0 Å². The first kappa shape index (κ1) is 11.7. The molecule has 2 amide bonds. The lowest BCUT2D eigenvalue weighted by molar-refractivity contribution is -0.119. The predicted octanol–water partition coefficient (Wildman–Crippen LogP) is 0.272. The number of aromatic carboxylic acids is 1. The van der Waals surface area contributed by atoms with Crippen LogP contribution < -0.4 is 4.90 Å². The number of carboxylic acids is 1. The molecule has 0 saturated carbocycles. The molecule has 0 fully saturated rings. The second-order valence-electron chi connectivity index (χ2n) is 3.45. The molecular formula is C12H6NO5. The van der Waals surface area contributed by atoms with E-state index in [1.165, 1.54) is 24.5 Å². The standard InChI is InChI=1S/C12H6NO5/c14-6-7-2-1-3-8(11(7)12(17)18)13-9(15)4-5-10(13)16/h1-5H,(H,17,18). The largest absolute Gasteiger partial charge is 0.478 e. The first-order chi connectivity index (χ1) is 8.56. The van der Waals surface area contributed by atoms with Crippen molar-refractivity contribution in [2.45, 2.75) is 0 Å². The van der Waals surface area contributed by atoms with Gasteiger partial charge in [-0.1, -0.05) is 6.07 Å². The van der Waals surface area contributed by atoms with E-state index >= 15 is 0 Å². The first-order valence-electron chi connectivity index (χ1n) is 4.87. The average Bonchev–Trinajstić information content (AvgIpc) is 2.67. The molecule has 1 heterocycles. The second kappa shape index (κ2) is 4.25. The highest BCUT2D eigenvalue weighted by atomic mass is 16.4. The molecule has 1 N–H and O–H groups in total. The van der Waals surface area contributed by atoms with Gasteiger partial charge in [0.05, 0.1) is 11.3 Å². The molecule has 18 heavy (non-hydrogen) atoms. The van der Waals surface area contributed by atoms with Crippen LogP contribution in [0.3, 0.4) is 0 Å². The van der Waals surface area contributed by atoms with E-state index in [-0.39, 0.29) is 11.3 Å². The number of amides is 2. The SMILES string of the molecule is O=[C]c1cccc(N2C(=O)C=CC2=O)c1C(=O)O. The molecule has 0 unspecified atom stereocenters. The van der Waals surface area contributed by atoms with Crippen molar-refractivity contribution in [2.24, 2.45) is 0 Å². The molecule has 1 aromatic carbocycles. The van der Waals surface area contributed by atoms with Gasteiger partial charge in [-0.15, -0.1) is 0 Å². The van der Waals surface area contributed by atoms with Crippen molar-refractivity contribution in [1.29, 1.82) is 0 Å². The summed E-state index contributed by atoms with van der Waals surface area (Å²) in [5.41, 5.74) is -0.770. The summed E-state index contributed by atoms with van der Waals surface area (Å²) in [7, 11) is 0. The molecule has 6 nitrogen and oxygen atoms in total. The molecule has 0 atom stereocenters. The van der Waals surface area contributed by atoms with Gasteiger partial charge in [-0.3, -0.25) is 14.4 Å². The highest BCUT2D eigenvalue weighted by Crippen LogP contribution is 2.26. The Bertz CT molecular complexity index is 584. The normalized spacial score (nSPS) is 14.1. The average molecular weight is 244 g/mol. The van der Waals surface area contributed by atoms with Gasteiger partial charge in [0.2, 0.25) is 6.29 Å². The van der Waals surface area contributed by atoms with Crippen LogP contribution in [-0.2, 0) is 14.4 Å². The van der Waals surface area contributed by atoms with Gasteiger partial charge in [0.1, 0.15) is 0 Å². The number of hydrogen-bond acceptors (Lipinski definition) is 4. The van der Waals surface area contributed by atoms with E-state index in [0.29, 0.717) is 4.90 Å². The Hall–Kier alpha value is -2.76. The number of benzene rings is 1. The van der Waals surface area contributed by atoms with E-state index in [1.807, 2.05) is 0 Å². The Balaban J connectivity index is 2.65. The number of carboxylic acid groups (broad SMARTS) is 1. The van der Waals surface area contributed by atoms with Crippen LogP contribution >= 0.6 is 0 Å². The van der Waals surface area contributed by atoms with E-state index in [1.54, 1.807) is 0 Å². The summed E-state index contributed by atoms with van der Waals surface area (Å²) in [5.74, 6) is -2.70. The maximum Gasteiger partial charge on any atom is 0.338 e. The minimum Gasteiger partial charge on any atom is -0.478 e. The third-order valence-electron chi connectivity index (χ3n) is 2.42. The summed E-state index contributed by atoms with van der Waals surface area (Å²) >= 11 is 0. The number of imide groups is 1. The second-order valence-corrected chi connectivity index (χ2v) is 3.45. The van der Waals surface area contributed by atoms with Gasteiger partial charge in [-0.2, -0.15) is 0 Å². The summed E-state index contributed by atoms with van der Waals surface area (Å²) in [5, 5.41) is 9.06. The van der Waals surface area contributed by atoms with Crippen LogP contribution in [-0.4, -0.2) is 29.2 Å². The lowest BCUT2D eigenvalue weighted by Crippen LogP contribution is -2.31. The fourth-order valence-electron chi connectivity index (χ4n) is 1.67. The number of anilines is 1. The zero-order valence-corrected chi connectivity index (χ0v) is 8.91. The molecular weight excluding hydrogens is 238 g/mol. The minimum absolute atomic E-state index is 0.136. The monoisotopic (exact) mass is 244 g/mol. The summed E-state index contributed by atoms with van der Waals surface area (Å²) in [4.78, 5) is 45.5. The van der Waals surface area contributed by atoms with Crippen molar-refractivity contribution in [1.82, 2.24) is 0 Å². The molecule has 1 radical (unpaired) electrons. The Morgan fingerprint density at radius 2 is 1.78 bits per heavy atom. The van der Waals surface area contributed by atoms with Crippen LogP contribution in [0.1, 0.15) is 15.9 Å². The van der Waals surface area contributed by atoms with Gasteiger partial charge >= 0.3 is 5.97 Å². The molecule has 0 aromatic heterocycles. The van der Waals surface area contributed by atoms with Gasteiger partial charge in [0.25, 0.3) is 11.8 Å². The molecule has 0 saturated heterocycles. The van der Waals surface area contributed by atoms with Crippen molar-refractivity contribution in [3.63, 3.8) is 0 Å². The minimum atomic E-state index is -1.41. The smallest absolute Gasteiger partial charge is 0.338 e. The van der Waals surface area contributed by atoms with Gasteiger partial charge in [0, 0.05) is 17.7 Å². The topological polar surface area (TPSA) is 91.8 Å². The number of carbonyl (C=O) groups excluding carboxylic acids is 3. The number of hydrogen-bond donors (Lipinski definition) is 1. The summed E-state index contributed by atoms with van der Waals surface area (Å²) < 4.78 is 0. The van der Waals surface area contributed by atoms with Gasteiger partial charge < -0.3 is 5.11 Å². The number of rotatable bonds is 3. The lowest BCUT2D eigenvalue weighted by atomic mass is 10.1. The fraction of sp³-hybridized carbons (Fsp3) is 0. The zero-order chi connectivity index (χ0) is 13.3. The fourth-order valence-corrected chi connectivity index (χ4v) is 1.67. The molecule has 1 aromatic rings. The van der Waals surface area contributed by atoms with E-state index < -0.39 is 23.3 Å². The molecule has 1 aliphatic rings. The van der Waals surface area contributed by atoms with E-state index in [4.69, 9.17) is 5.11 Å². The Morgan fingerprint density at radius 3 is 2.28 bits per heavy atom. The van der Waals surface area contributed by atoms with Gasteiger partial charge in [-0.05, 0) is 12.1 Å².